The number of hydrogen-bond acceptors (Lipinski definition) is 2. The second-order valence-corrected chi connectivity index (χ2v) is 5.28. The lowest BCUT2D eigenvalue weighted by Crippen LogP contribution is -2.32. The van der Waals surface area contributed by atoms with Crippen LogP contribution < -0.4 is 11.1 Å². The molecule has 2 rings (SSSR count). The summed E-state index contributed by atoms with van der Waals surface area (Å²) >= 11 is 0. The van der Waals surface area contributed by atoms with Gasteiger partial charge in [-0.05, 0) is 25.0 Å². The summed E-state index contributed by atoms with van der Waals surface area (Å²) in [4.78, 5) is 11.5. The van der Waals surface area contributed by atoms with Crippen molar-refractivity contribution < 1.29 is 18.0 Å². The van der Waals surface area contributed by atoms with E-state index < -0.39 is 11.7 Å². The molecule has 0 spiro atoms. The lowest BCUT2D eigenvalue weighted by Gasteiger charge is -2.13. The van der Waals surface area contributed by atoms with Crippen LogP contribution in [0.1, 0.15) is 36.8 Å². The molecule has 1 aromatic carbocycles. The maximum absolute atomic E-state index is 12.9. The Morgan fingerprint density at radius 3 is 2.70 bits per heavy atom. The summed E-state index contributed by atoms with van der Waals surface area (Å²) in [6, 6.07) is 5.04. The van der Waals surface area contributed by atoms with E-state index >= 15 is 0 Å². The molecule has 0 aromatic heterocycles. The fourth-order valence-corrected chi connectivity index (χ4v) is 2.33. The zero-order valence-electron chi connectivity index (χ0n) is 11.1. The molecule has 0 bridgehead atoms. The fourth-order valence-electron chi connectivity index (χ4n) is 2.33. The summed E-state index contributed by atoms with van der Waals surface area (Å²) < 4.78 is 38.7. The number of hydrogen-bond donors (Lipinski definition) is 2. The molecule has 3 nitrogen and oxygen atoms in total. The molecule has 0 aliphatic heterocycles. The summed E-state index contributed by atoms with van der Waals surface area (Å²) in [6.07, 6.45) is -3.64. The van der Waals surface area contributed by atoms with Crippen molar-refractivity contribution in [1.29, 1.82) is 0 Å². The molecule has 0 saturated heterocycles. The molecule has 1 amide bonds. The molecule has 20 heavy (non-hydrogen) atoms. The van der Waals surface area contributed by atoms with Gasteiger partial charge in [-0.15, -0.1) is 0 Å². The van der Waals surface area contributed by atoms with Crippen LogP contribution in [0.2, 0.25) is 0 Å². The third-order valence-electron chi connectivity index (χ3n) is 3.31. The Morgan fingerprint density at radius 1 is 1.45 bits per heavy atom. The van der Waals surface area contributed by atoms with E-state index in [1.54, 1.807) is 13.0 Å². The van der Waals surface area contributed by atoms with Crippen LogP contribution in [0, 0.1) is 0 Å². The summed E-state index contributed by atoms with van der Waals surface area (Å²) in [7, 11) is 0. The summed E-state index contributed by atoms with van der Waals surface area (Å²) in [5.74, 6) is -0.471. The first-order chi connectivity index (χ1) is 9.29. The van der Waals surface area contributed by atoms with E-state index in [4.69, 9.17) is 5.73 Å². The highest BCUT2D eigenvalue weighted by atomic mass is 19.4. The molecule has 0 radical (unpaired) electrons. The van der Waals surface area contributed by atoms with Crippen molar-refractivity contribution in [2.75, 3.05) is 0 Å². The second-order valence-electron chi connectivity index (χ2n) is 5.28. The monoisotopic (exact) mass is 286 g/mol. The lowest BCUT2D eigenvalue weighted by atomic mass is 10.0. The summed E-state index contributed by atoms with van der Waals surface area (Å²) in [5.41, 5.74) is 5.15. The van der Waals surface area contributed by atoms with Gasteiger partial charge in [0, 0.05) is 24.4 Å². The number of rotatable bonds is 4. The standard InChI is InChI=1S/C14H17F3N2O/c1-8(18)6-13(20)19-12-7-10(12)9-4-2-3-5-11(9)14(15,16)17/h2-5,8,10,12H,6-7,18H2,1H3,(H,19,20). The molecule has 3 unspecified atom stereocenters. The van der Waals surface area contributed by atoms with Crippen LogP contribution in [0.15, 0.2) is 24.3 Å². The number of carbonyl (C=O) groups excluding carboxylic acids is 1. The van der Waals surface area contributed by atoms with Crippen LogP contribution in [-0.2, 0) is 11.0 Å². The van der Waals surface area contributed by atoms with Crippen molar-refractivity contribution in [2.24, 2.45) is 5.73 Å². The maximum atomic E-state index is 12.9. The number of carbonyl (C=O) groups is 1. The number of amides is 1. The van der Waals surface area contributed by atoms with Gasteiger partial charge in [0.15, 0.2) is 0 Å². The molecule has 1 aromatic rings. The SMILES string of the molecule is CC(N)CC(=O)NC1CC1c1ccccc1C(F)(F)F. The number of alkyl halides is 3. The van der Waals surface area contributed by atoms with Crippen LogP contribution in [0.3, 0.4) is 0 Å². The second kappa shape index (κ2) is 5.44. The number of benzene rings is 1. The Morgan fingerprint density at radius 2 is 2.10 bits per heavy atom. The minimum absolute atomic E-state index is 0.185. The van der Waals surface area contributed by atoms with Gasteiger partial charge in [0.25, 0.3) is 0 Å². The van der Waals surface area contributed by atoms with Gasteiger partial charge in [-0.1, -0.05) is 18.2 Å². The van der Waals surface area contributed by atoms with Crippen LogP contribution in [-0.4, -0.2) is 18.0 Å². The van der Waals surface area contributed by atoms with Gasteiger partial charge >= 0.3 is 6.18 Å². The first-order valence-electron chi connectivity index (χ1n) is 6.50. The predicted molar refractivity (Wildman–Crippen MR) is 69.0 cm³/mol. The van der Waals surface area contributed by atoms with Crippen molar-refractivity contribution in [2.45, 2.75) is 43.9 Å². The smallest absolute Gasteiger partial charge is 0.353 e. The zero-order valence-corrected chi connectivity index (χ0v) is 11.1. The van der Waals surface area contributed by atoms with Crippen molar-refractivity contribution in [3.8, 4) is 0 Å². The third kappa shape index (κ3) is 3.50. The highest BCUT2D eigenvalue weighted by Gasteiger charge is 2.44. The first-order valence-corrected chi connectivity index (χ1v) is 6.50. The van der Waals surface area contributed by atoms with Crippen molar-refractivity contribution in [1.82, 2.24) is 5.32 Å². The quantitative estimate of drug-likeness (QED) is 0.893. The van der Waals surface area contributed by atoms with Crippen molar-refractivity contribution >= 4 is 5.91 Å². The Bertz CT molecular complexity index is 499. The lowest BCUT2D eigenvalue weighted by molar-refractivity contribution is -0.138. The first kappa shape index (κ1) is 14.8. The molecule has 0 heterocycles. The third-order valence-corrected chi connectivity index (χ3v) is 3.31. The Balaban J connectivity index is 2.04. The number of halogens is 3. The predicted octanol–water partition coefficient (Wildman–Crippen LogP) is 2.41. The van der Waals surface area contributed by atoms with Crippen molar-refractivity contribution in [3.05, 3.63) is 35.4 Å². The summed E-state index contributed by atoms with van der Waals surface area (Å²) in [6.45, 7) is 1.71. The van der Waals surface area contributed by atoms with E-state index in [0.717, 1.165) is 6.07 Å². The van der Waals surface area contributed by atoms with Gasteiger partial charge in [0.05, 0.1) is 5.56 Å². The van der Waals surface area contributed by atoms with Crippen LogP contribution in [0.5, 0.6) is 0 Å². The summed E-state index contributed by atoms with van der Waals surface area (Å²) in [5, 5.41) is 2.73. The minimum Gasteiger partial charge on any atom is -0.353 e. The molecule has 6 heteroatoms. The van der Waals surface area contributed by atoms with Gasteiger partial charge < -0.3 is 11.1 Å². The average molecular weight is 286 g/mol. The molecule has 3 N–H and O–H groups in total. The topological polar surface area (TPSA) is 55.1 Å². The molecular formula is C14H17F3N2O. The fraction of sp³-hybridized carbons (Fsp3) is 0.500. The van der Waals surface area contributed by atoms with Gasteiger partial charge in [-0.2, -0.15) is 13.2 Å². The minimum atomic E-state index is -4.36. The van der Waals surface area contributed by atoms with Gasteiger partial charge in [0.1, 0.15) is 0 Å². The van der Waals surface area contributed by atoms with Crippen LogP contribution in [0.25, 0.3) is 0 Å². The number of nitrogens with two attached hydrogens (primary N) is 1. The zero-order chi connectivity index (χ0) is 14.9. The molecule has 3 atom stereocenters. The van der Waals surface area contributed by atoms with Gasteiger partial charge in [0.2, 0.25) is 5.91 Å². The van der Waals surface area contributed by atoms with E-state index in [1.165, 1.54) is 12.1 Å². The normalized spacial score (nSPS) is 23.2. The Labute approximate surface area is 115 Å². The van der Waals surface area contributed by atoms with E-state index in [2.05, 4.69) is 5.32 Å². The van der Waals surface area contributed by atoms with E-state index in [-0.39, 0.29) is 35.9 Å². The molecule has 1 fully saturated rings. The number of nitrogens with one attached hydrogen (secondary N) is 1. The maximum Gasteiger partial charge on any atom is 0.416 e. The molecule has 1 saturated carbocycles. The van der Waals surface area contributed by atoms with E-state index in [9.17, 15) is 18.0 Å². The van der Waals surface area contributed by atoms with Crippen molar-refractivity contribution in [3.63, 3.8) is 0 Å². The van der Waals surface area contributed by atoms with Crippen LogP contribution >= 0.6 is 0 Å². The average Bonchev–Trinajstić information content (AvgIpc) is 3.05. The molecule has 1 aliphatic carbocycles. The molecule has 1 aliphatic rings. The van der Waals surface area contributed by atoms with Crippen LogP contribution in [0.4, 0.5) is 13.2 Å². The molecular weight excluding hydrogens is 269 g/mol. The van der Waals surface area contributed by atoms with Gasteiger partial charge in [-0.25, -0.2) is 0 Å². The highest BCUT2D eigenvalue weighted by Crippen LogP contribution is 2.46. The van der Waals surface area contributed by atoms with Gasteiger partial charge in [-0.3, -0.25) is 4.79 Å². The van der Waals surface area contributed by atoms with E-state index in [0.29, 0.717) is 6.42 Å². The largest absolute Gasteiger partial charge is 0.416 e. The highest BCUT2D eigenvalue weighted by molar-refractivity contribution is 5.77. The molecule has 110 valence electrons. The Hall–Kier alpha value is -1.56. The Kier molecular flexibility index (Phi) is 4.04. The van der Waals surface area contributed by atoms with E-state index in [1.807, 2.05) is 0 Å².